The molecule has 4 heteroatoms. The fourth-order valence-electron chi connectivity index (χ4n) is 3.32. The monoisotopic (exact) mass is 344 g/mol. The largest absolute Gasteiger partial charge is 0.309 e. The Kier molecular flexibility index (Phi) is 4.46. The average molecular weight is 345 g/mol. The van der Waals surface area contributed by atoms with Gasteiger partial charge in [0, 0.05) is 37.9 Å². The van der Waals surface area contributed by atoms with Crippen LogP contribution < -0.4 is 10.6 Å². The van der Waals surface area contributed by atoms with E-state index in [1.165, 1.54) is 27.1 Å². The number of piperidine rings is 1. The molecule has 1 fully saturated rings. The molecule has 0 radical (unpaired) electrons. The third-order valence-corrected chi connectivity index (χ3v) is 5.80. The van der Waals surface area contributed by atoms with E-state index in [-0.39, 0.29) is 11.1 Å². The molecule has 0 saturated carbocycles. The molecular weight excluding hydrogens is 320 g/mol. The zero-order valence-electron chi connectivity index (χ0n) is 12.6. The third kappa shape index (κ3) is 4.28. The first kappa shape index (κ1) is 15.5. The van der Waals surface area contributed by atoms with Gasteiger partial charge in [-0.25, -0.2) is 0 Å². The van der Waals surface area contributed by atoms with Gasteiger partial charge in [0.25, 0.3) is 0 Å². The van der Waals surface area contributed by atoms with Crippen LogP contribution >= 0.6 is 27.3 Å². The van der Waals surface area contributed by atoms with E-state index in [9.17, 15) is 0 Å². The maximum atomic E-state index is 3.74. The average Bonchev–Trinajstić information content (AvgIpc) is 2.51. The second-order valence-electron chi connectivity index (χ2n) is 7.00. The van der Waals surface area contributed by atoms with Crippen molar-refractivity contribution in [3.63, 3.8) is 0 Å². The van der Waals surface area contributed by atoms with Gasteiger partial charge >= 0.3 is 0 Å². The molecule has 2 nitrogen and oxygen atoms in total. The summed E-state index contributed by atoms with van der Waals surface area (Å²) in [5.74, 6) is 0. The number of thiophene rings is 1. The molecule has 19 heavy (non-hydrogen) atoms. The molecule has 2 rings (SSSR count). The quantitative estimate of drug-likeness (QED) is 0.857. The van der Waals surface area contributed by atoms with Crippen LogP contribution in [0.4, 0.5) is 0 Å². The van der Waals surface area contributed by atoms with Crippen LogP contribution in [0.3, 0.4) is 0 Å². The van der Waals surface area contributed by atoms with Crippen molar-refractivity contribution in [1.82, 2.24) is 10.6 Å². The van der Waals surface area contributed by atoms with Crippen molar-refractivity contribution in [2.24, 2.45) is 0 Å². The summed E-state index contributed by atoms with van der Waals surface area (Å²) in [6, 6.07) is 2.83. The van der Waals surface area contributed by atoms with Gasteiger partial charge in [0.1, 0.15) is 0 Å². The molecule has 0 aliphatic carbocycles. The van der Waals surface area contributed by atoms with Gasteiger partial charge in [0.15, 0.2) is 0 Å². The van der Waals surface area contributed by atoms with E-state index < -0.39 is 0 Å². The van der Waals surface area contributed by atoms with E-state index in [1.807, 2.05) is 11.3 Å². The van der Waals surface area contributed by atoms with Crippen molar-refractivity contribution in [3.05, 3.63) is 20.3 Å². The first-order valence-electron chi connectivity index (χ1n) is 6.94. The summed E-state index contributed by atoms with van der Waals surface area (Å²) in [5, 5.41) is 7.47. The summed E-state index contributed by atoms with van der Waals surface area (Å²) >= 11 is 5.47. The first-order valence-corrected chi connectivity index (χ1v) is 8.55. The summed E-state index contributed by atoms with van der Waals surface area (Å²) in [5.41, 5.74) is 0.427. The van der Waals surface area contributed by atoms with Gasteiger partial charge in [-0.05, 0) is 69.5 Å². The van der Waals surface area contributed by atoms with Crippen molar-refractivity contribution in [3.8, 4) is 0 Å². The second-order valence-corrected chi connectivity index (χ2v) is 9.19. The summed E-state index contributed by atoms with van der Waals surface area (Å²) in [4.78, 5) is 2.78. The molecule has 2 heterocycles. The molecule has 0 bridgehead atoms. The predicted molar refractivity (Wildman–Crippen MR) is 87.9 cm³/mol. The molecule has 0 amide bonds. The molecule has 0 atom stereocenters. The van der Waals surface area contributed by atoms with Crippen LogP contribution in [0.1, 0.15) is 50.3 Å². The van der Waals surface area contributed by atoms with Crippen molar-refractivity contribution in [2.75, 3.05) is 0 Å². The van der Waals surface area contributed by atoms with Crippen molar-refractivity contribution >= 4 is 27.3 Å². The maximum Gasteiger partial charge on any atom is 0.0314 e. The topological polar surface area (TPSA) is 24.1 Å². The highest BCUT2D eigenvalue weighted by Crippen LogP contribution is 2.30. The minimum absolute atomic E-state index is 0.214. The lowest BCUT2D eigenvalue weighted by molar-refractivity contribution is 0.146. The van der Waals surface area contributed by atoms with E-state index in [0.29, 0.717) is 6.04 Å². The van der Waals surface area contributed by atoms with Gasteiger partial charge in [0.2, 0.25) is 0 Å². The first-order chi connectivity index (χ1) is 8.67. The molecule has 1 aliphatic heterocycles. The fraction of sp³-hybridized carbons (Fsp3) is 0.733. The van der Waals surface area contributed by atoms with E-state index in [0.717, 1.165) is 6.54 Å². The van der Waals surface area contributed by atoms with E-state index in [1.54, 1.807) is 0 Å². The Balaban J connectivity index is 1.95. The Labute approximate surface area is 129 Å². The molecule has 1 aliphatic rings. The van der Waals surface area contributed by atoms with Crippen LogP contribution in [-0.4, -0.2) is 17.1 Å². The standard InChI is InChI=1S/C15H25BrN2S/c1-10-13(16)6-12(19-10)9-17-11-7-14(2,3)18-15(4,5)8-11/h6,11,17-18H,7-9H2,1-5H3. The van der Waals surface area contributed by atoms with Gasteiger partial charge < -0.3 is 10.6 Å². The van der Waals surface area contributed by atoms with Crippen LogP contribution in [0.15, 0.2) is 10.5 Å². The maximum absolute atomic E-state index is 3.74. The minimum atomic E-state index is 0.214. The molecule has 0 aromatic carbocycles. The van der Waals surface area contributed by atoms with Crippen LogP contribution in [-0.2, 0) is 6.54 Å². The van der Waals surface area contributed by atoms with Gasteiger partial charge in [-0.15, -0.1) is 11.3 Å². The summed E-state index contributed by atoms with van der Waals surface area (Å²) in [7, 11) is 0. The molecule has 2 N–H and O–H groups in total. The lowest BCUT2D eigenvalue weighted by Crippen LogP contribution is -2.61. The minimum Gasteiger partial charge on any atom is -0.309 e. The summed E-state index contributed by atoms with van der Waals surface area (Å²) in [6.07, 6.45) is 2.36. The molecule has 1 aromatic heterocycles. The number of hydrogen-bond donors (Lipinski definition) is 2. The Morgan fingerprint density at radius 2 is 1.89 bits per heavy atom. The molecule has 1 saturated heterocycles. The van der Waals surface area contributed by atoms with Crippen LogP contribution in [0.25, 0.3) is 0 Å². The number of nitrogens with one attached hydrogen (secondary N) is 2. The summed E-state index contributed by atoms with van der Waals surface area (Å²) in [6.45, 7) is 12.3. The third-order valence-electron chi connectivity index (χ3n) is 3.66. The lowest BCUT2D eigenvalue weighted by Gasteiger charge is -2.46. The van der Waals surface area contributed by atoms with Gasteiger partial charge in [-0.2, -0.15) is 0 Å². The number of rotatable bonds is 3. The zero-order valence-corrected chi connectivity index (χ0v) is 15.0. The Morgan fingerprint density at radius 1 is 1.32 bits per heavy atom. The Bertz CT molecular complexity index is 415. The van der Waals surface area contributed by atoms with Crippen LogP contribution in [0.5, 0.6) is 0 Å². The molecular formula is C15H25BrN2S. The fourth-order valence-corrected chi connectivity index (χ4v) is 4.87. The second kappa shape index (κ2) is 5.47. The smallest absolute Gasteiger partial charge is 0.0314 e. The van der Waals surface area contributed by atoms with Gasteiger partial charge in [0.05, 0.1) is 0 Å². The number of aryl methyl sites for hydroxylation is 1. The van der Waals surface area contributed by atoms with Gasteiger partial charge in [-0.3, -0.25) is 0 Å². The number of halogens is 1. The van der Waals surface area contributed by atoms with E-state index in [4.69, 9.17) is 0 Å². The van der Waals surface area contributed by atoms with Gasteiger partial charge in [-0.1, -0.05) is 0 Å². The molecule has 0 spiro atoms. The highest BCUT2D eigenvalue weighted by Gasteiger charge is 2.37. The Morgan fingerprint density at radius 3 is 2.37 bits per heavy atom. The van der Waals surface area contributed by atoms with Crippen molar-refractivity contribution in [2.45, 2.75) is 71.1 Å². The molecule has 1 aromatic rings. The summed E-state index contributed by atoms with van der Waals surface area (Å²) < 4.78 is 1.24. The van der Waals surface area contributed by atoms with Crippen LogP contribution in [0.2, 0.25) is 0 Å². The molecule has 0 unspecified atom stereocenters. The van der Waals surface area contributed by atoms with Crippen molar-refractivity contribution in [1.29, 1.82) is 0 Å². The van der Waals surface area contributed by atoms with E-state index >= 15 is 0 Å². The number of hydrogen-bond acceptors (Lipinski definition) is 3. The molecule has 108 valence electrons. The zero-order chi connectivity index (χ0) is 14.3. The Hall–Kier alpha value is 0.100. The van der Waals surface area contributed by atoms with Crippen LogP contribution in [0, 0.1) is 6.92 Å². The lowest BCUT2D eigenvalue weighted by atomic mass is 9.79. The normalized spacial score (nSPS) is 22.6. The predicted octanol–water partition coefficient (Wildman–Crippen LogP) is 4.22. The highest BCUT2D eigenvalue weighted by atomic mass is 79.9. The van der Waals surface area contributed by atoms with E-state index in [2.05, 4.69) is 67.2 Å². The SMILES string of the molecule is Cc1sc(CNC2CC(C)(C)NC(C)(C)C2)cc1Br. The highest BCUT2D eigenvalue weighted by molar-refractivity contribution is 9.10. The van der Waals surface area contributed by atoms with Crippen molar-refractivity contribution < 1.29 is 0 Å².